The number of aliphatic hydroxyl groups is 1. The van der Waals surface area contributed by atoms with Gasteiger partial charge in [-0.25, -0.2) is 0 Å². The maximum absolute atomic E-state index is 11.4. The summed E-state index contributed by atoms with van der Waals surface area (Å²) >= 11 is 0. The third-order valence-corrected chi connectivity index (χ3v) is 1.91. The van der Waals surface area contributed by atoms with Crippen LogP contribution in [0, 0.1) is 0 Å². The number of carbonyl (C=O) groups is 1. The van der Waals surface area contributed by atoms with Crippen LogP contribution in [0.3, 0.4) is 0 Å². The number of allylic oxidation sites excluding steroid dienone is 1. The first-order valence-corrected chi connectivity index (χ1v) is 4.34. The summed E-state index contributed by atoms with van der Waals surface area (Å²) in [7, 11) is 0. The van der Waals surface area contributed by atoms with E-state index < -0.39 is 0 Å². The van der Waals surface area contributed by atoms with E-state index in [1.807, 2.05) is 18.2 Å². The maximum Gasteiger partial charge on any atom is 0.254 e. The van der Waals surface area contributed by atoms with Crippen molar-refractivity contribution in [3.8, 4) is 0 Å². The normalized spacial score (nSPS) is 11.9. The Morgan fingerprint density at radius 3 is 2.29 bits per heavy atom. The van der Waals surface area contributed by atoms with E-state index in [0.717, 1.165) is 5.69 Å². The first kappa shape index (κ1) is 10.3. The average molecular weight is 191 g/mol. The smallest absolute Gasteiger partial charge is 0.254 e. The number of nitrogens with one attached hydrogen (secondary N) is 1. The van der Waals surface area contributed by atoms with Crippen molar-refractivity contribution < 1.29 is 9.90 Å². The Labute approximate surface area is 83.1 Å². The van der Waals surface area contributed by atoms with Gasteiger partial charge in [-0.05, 0) is 26.0 Å². The van der Waals surface area contributed by atoms with Crippen LogP contribution in [-0.2, 0) is 4.79 Å². The summed E-state index contributed by atoms with van der Waals surface area (Å²) in [6.45, 7) is 3.06. The van der Waals surface area contributed by atoms with E-state index in [0.29, 0.717) is 5.57 Å². The lowest BCUT2D eigenvalue weighted by Crippen LogP contribution is -2.13. The molecule has 0 aromatic heterocycles. The molecule has 74 valence electrons. The van der Waals surface area contributed by atoms with Gasteiger partial charge < -0.3 is 10.4 Å². The molecule has 1 rings (SSSR count). The van der Waals surface area contributed by atoms with Gasteiger partial charge in [0.25, 0.3) is 5.91 Å². The zero-order valence-corrected chi connectivity index (χ0v) is 8.24. The lowest BCUT2D eigenvalue weighted by molar-refractivity contribution is -0.113. The molecule has 3 nitrogen and oxygen atoms in total. The van der Waals surface area contributed by atoms with Gasteiger partial charge in [-0.15, -0.1) is 0 Å². The summed E-state index contributed by atoms with van der Waals surface area (Å²) in [5.74, 6) is -0.241. The highest BCUT2D eigenvalue weighted by atomic mass is 16.3. The lowest BCUT2D eigenvalue weighted by Gasteiger charge is -2.05. The molecule has 0 aliphatic carbocycles. The van der Waals surface area contributed by atoms with Crippen LogP contribution in [-0.4, -0.2) is 11.0 Å². The number of benzene rings is 1. The second-order valence-electron chi connectivity index (χ2n) is 3.03. The number of amides is 1. The molecule has 0 heterocycles. The van der Waals surface area contributed by atoms with Crippen LogP contribution in [0.2, 0.25) is 0 Å². The average Bonchev–Trinajstić information content (AvgIpc) is 2.18. The van der Waals surface area contributed by atoms with Crippen LogP contribution in [0.15, 0.2) is 41.7 Å². The molecule has 0 spiro atoms. The van der Waals surface area contributed by atoms with Gasteiger partial charge >= 0.3 is 0 Å². The van der Waals surface area contributed by atoms with Crippen LogP contribution in [0.4, 0.5) is 5.69 Å². The minimum absolute atomic E-state index is 0.0402. The standard InChI is InChI=1S/C11H13NO2/c1-8(9(2)13)11(14)12-10-6-4-3-5-7-10/h3-7,13H,1-2H3,(H,12,14)/b9-8-. The monoisotopic (exact) mass is 191 g/mol. The predicted molar refractivity (Wildman–Crippen MR) is 56.1 cm³/mol. The van der Waals surface area contributed by atoms with Crippen molar-refractivity contribution in [2.24, 2.45) is 0 Å². The van der Waals surface area contributed by atoms with Gasteiger partial charge in [-0.2, -0.15) is 0 Å². The molecule has 1 amide bonds. The highest BCUT2D eigenvalue weighted by Crippen LogP contribution is 2.08. The number of carbonyl (C=O) groups excluding carboxylic acids is 1. The Balaban J connectivity index is 2.72. The quantitative estimate of drug-likeness (QED) is 0.557. The topological polar surface area (TPSA) is 49.3 Å². The number of hydrogen-bond acceptors (Lipinski definition) is 2. The Morgan fingerprint density at radius 1 is 1.21 bits per heavy atom. The molecule has 3 heteroatoms. The van der Waals surface area contributed by atoms with Crippen molar-refractivity contribution in [3.05, 3.63) is 41.7 Å². The zero-order valence-electron chi connectivity index (χ0n) is 8.24. The fourth-order valence-electron chi connectivity index (χ4n) is 0.911. The maximum atomic E-state index is 11.4. The summed E-state index contributed by atoms with van der Waals surface area (Å²) in [4.78, 5) is 11.4. The molecule has 0 bridgehead atoms. The second kappa shape index (κ2) is 4.46. The molecule has 1 aromatic rings. The Bertz CT molecular complexity index is 351. The third kappa shape index (κ3) is 2.62. The lowest BCUT2D eigenvalue weighted by atomic mass is 10.2. The zero-order chi connectivity index (χ0) is 10.6. The van der Waals surface area contributed by atoms with Gasteiger partial charge in [0.05, 0.1) is 11.3 Å². The summed E-state index contributed by atoms with van der Waals surface area (Å²) < 4.78 is 0. The first-order valence-electron chi connectivity index (χ1n) is 4.34. The molecular formula is C11H13NO2. The highest BCUT2D eigenvalue weighted by molar-refractivity contribution is 6.03. The number of rotatable bonds is 2. The Morgan fingerprint density at radius 2 is 1.79 bits per heavy atom. The molecule has 0 unspecified atom stereocenters. The van der Waals surface area contributed by atoms with Gasteiger partial charge in [0.1, 0.15) is 0 Å². The molecule has 2 N–H and O–H groups in total. The Kier molecular flexibility index (Phi) is 3.29. The second-order valence-corrected chi connectivity index (χ2v) is 3.03. The number of para-hydroxylation sites is 1. The molecular weight excluding hydrogens is 178 g/mol. The number of anilines is 1. The van der Waals surface area contributed by atoms with Crippen molar-refractivity contribution in [2.45, 2.75) is 13.8 Å². The summed E-state index contributed by atoms with van der Waals surface area (Å²) in [5.41, 5.74) is 1.05. The molecule has 0 saturated heterocycles. The van der Waals surface area contributed by atoms with Crippen LogP contribution in [0.5, 0.6) is 0 Å². The molecule has 0 fully saturated rings. The highest BCUT2D eigenvalue weighted by Gasteiger charge is 2.06. The summed E-state index contributed by atoms with van der Waals surface area (Å²) in [6, 6.07) is 9.12. The third-order valence-electron chi connectivity index (χ3n) is 1.91. The molecule has 0 aliphatic heterocycles. The van der Waals surface area contributed by atoms with Crippen molar-refractivity contribution in [1.29, 1.82) is 0 Å². The minimum atomic E-state index is -0.281. The van der Waals surface area contributed by atoms with Gasteiger partial charge in [0.2, 0.25) is 0 Å². The first-order chi connectivity index (χ1) is 6.61. The van der Waals surface area contributed by atoms with Crippen LogP contribution in [0.25, 0.3) is 0 Å². The van der Waals surface area contributed by atoms with E-state index in [9.17, 15) is 4.79 Å². The minimum Gasteiger partial charge on any atom is -0.512 e. The van der Waals surface area contributed by atoms with Crippen LogP contribution < -0.4 is 5.32 Å². The van der Waals surface area contributed by atoms with E-state index in [4.69, 9.17) is 5.11 Å². The van der Waals surface area contributed by atoms with Crippen LogP contribution in [0.1, 0.15) is 13.8 Å². The largest absolute Gasteiger partial charge is 0.512 e. The predicted octanol–water partition coefficient (Wildman–Crippen LogP) is 2.48. The molecule has 1 aromatic carbocycles. The molecule has 0 aliphatic rings. The molecule has 0 atom stereocenters. The van der Waals surface area contributed by atoms with Gasteiger partial charge in [-0.3, -0.25) is 4.79 Å². The fourth-order valence-corrected chi connectivity index (χ4v) is 0.911. The van der Waals surface area contributed by atoms with E-state index in [2.05, 4.69) is 5.32 Å². The number of aliphatic hydroxyl groups excluding tert-OH is 1. The molecule has 0 radical (unpaired) electrons. The van der Waals surface area contributed by atoms with Gasteiger partial charge in [0, 0.05) is 5.69 Å². The van der Waals surface area contributed by atoms with Crippen molar-refractivity contribution in [3.63, 3.8) is 0 Å². The van der Waals surface area contributed by atoms with Crippen molar-refractivity contribution >= 4 is 11.6 Å². The van der Waals surface area contributed by atoms with E-state index in [1.54, 1.807) is 19.1 Å². The SMILES string of the molecule is C/C(O)=C(\C)C(=O)Nc1ccccc1. The van der Waals surface area contributed by atoms with Crippen LogP contribution >= 0.6 is 0 Å². The molecule has 0 saturated carbocycles. The van der Waals surface area contributed by atoms with E-state index in [1.165, 1.54) is 6.92 Å². The Hall–Kier alpha value is -1.77. The van der Waals surface area contributed by atoms with E-state index >= 15 is 0 Å². The summed E-state index contributed by atoms with van der Waals surface area (Å²) in [6.07, 6.45) is 0. The summed E-state index contributed by atoms with van der Waals surface area (Å²) in [5, 5.41) is 11.8. The van der Waals surface area contributed by atoms with Crippen molar-refractivity contribution in [2.75, 3.05) is 5.32 Å². The van der Waals surface area contributed by atoms with Gasteiger partial charge in [0.15, 0.2) is 0 Å². The van der Waals surface area contributed by atoms with Crippen molar-refractivity contribution in [1.82, 2.24) is 0 Å². The fraction of sp³-hybridized carbons (Fsp3) is 0.182. The molecule has 14 heavy (non-hydrogen) atoms. The van der Waals surface area contributed by atoms with Gasteiger partial charge in [-0.1, -0.05) is 18.2 Å². The number of hydrogen-bond donors (Lipinski definition) is 2. The van der Waals surface area contributed by atoms with E-state index in [-0.39, 0.29) is 11.7 Å².